The smallest absolute Gasteiger partial charge is 0.254 e. The van der Waals surface area contributed by atoms with Crippen molar-refractivity contribution in [2.24, 2.45) is 0 Å². The first kappa shape index (κ1) is 13.4. The zero-order valence-electron chi connectivity index (χ0n) is 11.3. The van der Waals surface area contributed by atoms with Crippen LogP contribution in [0.15, 0.2) is 18.2 Å². The highest BCUT2D eigenvalue weighted by atomic mass is 16.2. The van der Waals surface area contributed by atoms with E-state index in [2.05, 4.69) is 10.6 Å². The van der Waals surface area contributed by atoms with Gasteiger partial charge in [0.15, 0.2) is 0 Å². The number of hydrogen-bond acceptors (Lipinski definition) is 3. The first-order chi connectivity index (χ1) is 9.13. The lowest BCUT2D eigenvalue weighted by molar-refractivity contribution is -0.121. The molecule has 0 unspecified atom stereocenters. The maximum atomic E-state index is 12.4. The van der Waals surface area contributed by atoms with Crippen LogP contribution in [0.25, 0.3) is 0 Å². The Kier molecular flexibility index (Phi) is 4.04. The van der Waals surface area contributed by atoms with E-state index in [0.717, 1.165) is 30.6 Å². The lowest BCUT2D eigenvalue weighted by Crippen LogP contribution is -2.37. The van der Waals surface area contributed by atoms with Gasteiger partial charge in [-0.3, -0.25) is 9.59 Å². The van der Waals surface area contributed by atoms with Gasteiger partial charge in [-0.15, -0.1) is 0 Å². The fraction of sp³-hybridized carbons (Fsp3) is 0.429. The number of benzene rings is 1. The highest BCUT2D eigenvalue weighted by Crippen LogP contribution is 2.25. The van der Waals surface area contributed by atoms with Crippen molar-refractivity contribution in [2.75, 3.05) is 32.5 Å². The van der Waals surface area contributed by atoms with Crippen LogP contribution >= 0.6 is 0 Å². The maximum Gasteiger partial charge on any atom is 0.254 e. The zero-order chi connectivity index (χ0) is 13.8. The predicted octanol–water partition coefficient (Wildman–Crippen LogP) is 0.863. The van der Waals surface area contributed by atoms with Gasteiger partial charge in [0.05, 0.1) is 6.54 Å². The van der Waals surface area contributed by atoms with E-state index in [9.17, 15) is 9.59 Å². The SMILES string of the molecule is CNC(=O)CN(C)C(=O)c1cccc2c1CCCN2. The fourth-order valence-corrected chi connectivity index (χ4v) is 2.28. The van der Waals surface area contributed by atoms with E-state index >= 15 is 0 Å². The van der Waals surface area contributed by atoms with E-state index in [1.54, 1.807) is 14.1 Å². The lowest BCUT2D eigenvalue weighted by atomic mass is 9.97. The van der Waals surface area contributed by atoms with Gasteiger partial charge in [-0.25, -0.2) is 0 Å². The highest BCUT2D eigenvalue weighted by molar-refractivity contribution is 5.98. The average molecular weight is 261 g/mol. The molecule has 2 rings (SSSR count). The van der Waals surface area contributed by atoms with Crippen LogP contribution in [0.3, 0.4) is 0 Å². The first-order valence-corrected chi connectivity index (χ1v) is 6.45. The van der Waals surface area contributed by atoms with Crippen LogP contribution in [0.4, 0.5) is 5.69 Å². The number of amides is 2. The number of nitrogens with one attached hydrogen (secondary N) is 2. The van der Waals surface area contributed by atoms with Crippen molar-refractivity contribution in [1.29, 1.82) is 0 Å². The summed E-state index contributed by atoms with van der Waals surface area (Å²) in [5, 5.41) is 5.82. The van der Waals surface area contributed by atoms with Gasteiger partial charge in [0.1, 0.15) is 0 Å². The summed E-state index contributed by atoms with van der Waals surface area (Å²) in [5.74, 6) is -0.275. The van der Waals surface area contributed by atoms with Crippen molar-refractivity contribution >= 4 is 17.5 Å². The van der Waals surface area contributed by atoms with Crippen LogP contribution in [0.5, 0.6) is 0 Å². The summed E-state index contributed by atoms with van der Waals surface area (Å²) in [7, 11) is 3.21. The number of rotatable bonds is 3. The standard InChI is InChI=1S/C14H19N3O2/c1-15-13(18)9-17(2)14(19)11-5-3-7-12-10(11)6-4-8-16-12/h3,5,7,16H,4,6,8-9H2,1-2H3,(H,15,18). The van der Waals surface area contributed by atoms with Crippen molar-refractivity contribution in [3.05, 3.63) is 29.3 Å². The molecule has 5 heteroatoms. The number of nitrogens with zero attached hydrogens (tertiary/aromatic N) is 1. The molecular formula is C14H19N3O2. The van der Waals surface area contributed by atoms with Crippen LogP contribution in [0.1, 0.15) is 22.3 Å². The molecule has 0 saturated carbocycles. The van der Waals surface area contributed by atoms with E-state index in [4.69, 9.17) is 0 Å². The zero-order valence-corrected chi connectivity index (χ0v) is 11.3. The Labute approximate surface area is 113 Å². The lowest BCUT2D eigenvalue weighted by Gasteiger charge is -2.23. The number of anilines is 1. The van der Waals surface area contributed by atoms with E-state index in [1.165, 1.54) is 4.90 Å². The first-order valence-electron chi connectivity index (χ1n) is 6.45. The second-order valence-corrected chi connectivity index (χ2v) is 4.70. The summed E-state index contributed by atoms with van der Waals surface area (Å²) in [6, 6.07) is 5.69. The minimum Gasteiger partial charge on any atom is -0.385 e. The van der Waals surface area contributed by atoms with Crippen molar-refractivity contribution in [1.82, 2.24) is 10.2 Å². The average Bonchev–Trinajstić information content (AvgIpc) is 2.45. The van der Waals surface area contributed by atoms with Crippen molar-refractivity contribution < 1.29 is 9.59 Å². The topological polar surface area (TPSA) is 61.4 Å². The number of carbonyl (C=O) groups excluding carboxylic acids is 2. The van der Waals surface area contributed by atoms with Crippen LogP contribution < -0.4 is 10.6 Å². The molecule has 2 N–H and O–H groups in total. The monoisotopic (exact) mass is 261 g/mol. The highest BCUT2D eigenvalue weighted by Gasteiger charge is 2.20. The molecule has 5 nitrogen and oxygen atoms in total. The van der Waals surface area contributed by atoms with E-state index < -0.39 is 0 Å². The van der Waals surface area contributed by atoms with Gasteiger partial charge in [0.25, 0.3) is 5.91 Å². The summed E-state index contributed by atoms with van der Waals surface area (Å²) < 4.78 is 0. The minimum absolute atomic E-state index is 0.0758. The minimum atomic E-state index is -0.168. The molecule has 0 atom stereocenters. The Bertz CT molecular complexity index is 499. The van der Waals surface area contributed by atoms with Crippen LogP contribution in [0, 0.1) is 0 Å². The fourth-order valence-electron chi connectivity index (χ4n) is 2.28. The third-order valence-electron chi connectivity index (χ3n) is 3.33. The summed E-state index contributed by atoms with van der Waals surface area (Å²) in [5.41, 5.74) is 2.78. The van der Waals surface area contributed by atoms with Crippen LogP contribution in [-0.2, 0) is 11.2 Å². The maximum absolute atomic E-state index is 12.4. The Hall–Kier alpha value is -2.04. The molecule has 1 aliphatic heterocycles. The van der Waals surface area contributed by atoms with Gasteiger partial charge in [-0.05, 0) is 30.5 Å². The van der Waals surface area contributed by atoms with Crippen LogP contribution in [-0.4, -0.2) is 43.9 Å². The largest absolute Gasteiger partial charge is 0.385 e. The molecule has 0 fully saturated rings. The molecule has 102 valence electrons. The molecule has 0 saturated heterocycles. The second kappa shape index (κ2) is 5.73. The van der Waals surface area contributed by atoms with Crippen molar-refractivity contribution in [3.63, 3.8) is 0 Å². The van der Waals surface area contributed by atoms with Gasteiger partial charge in [0, 0.05) is 31.9 Å². The molecule has 19 heavy (non-hydrogen) atoms. The molecule has 1 aromatic carbocycles. The molecule has 0 aromatic heterocycles. The Morgan fingerprint density at radius 3 is 2.95 bits per heavy atom. The number of hydrogen-bond donors (Lipinski definition) is 2. The number of carbonyl (C=O) groups is 2. The van der Waals surface area contributed by atoms with Gasteiger partial charge in [-0.2, -0.15) is 0 Å². The Morgan fingerprint density at radius 2 is 2.21 bits per heavy atom. The van der Waals surface area contributed by atoms with E-state index in [-0.39, 0.29) is 18.4 Å². The Morgan fingerprint density at radius 1 is 1.42 bits per heavy atom. The molecular weight excluding hydrogens is 242 g/mol. The Balaban J connectivity index is 2.21. The molecule has 0 bridgehead atoms. The van der Waals surface area contributed by atoms with E-state index in [0.29, 0.717) is 5.56 Å². The summed E-state index contributed by atoms with van der Waals surface area (Å²) in [6.45, 7) is 1.02. The van der Waals surface area contributed by atoms with E-state index in [1.807, 2.05) is 18.2 Å². The number of fused-ring (bicyclic) bond motifs is 1. The van der Waals surface area contributed by atoms with Crippen LogP contribution in [0.2, 0.25) is 0 Å². The molecule has 1 heterocycles. The van der Waals surface area contributed by atoms with Gasteiger partial charge in [0.2, 0.25) is 5.91 Å². The normalized spacial score (nSPS) is 13.2. The molecule has 1 aromatic rings. The third kappa shape index (κ3) is 2.86. The summed E-state index contributed by atoms with van der Waals surface area (Å²) >= 11 is 0. The van der Waals surface area contributed by atoms with Gasteiger partial charge >= 0.3 is 0 Å². The number of likely N-dealkylation sites (N-methyl/N-ethyl adjacent to an activating group) is 2. The second-order valence-electron chi connectivity index (χ2n) is 4.70. The predicted molar refractivity (Wildman–Crippen MR) is 74.3 cm³/mol. The molecule has 1 aliphatic rings. The molecule has 0 spiro atoms. The quantitative estimate of drug-likeness (QED) is 0.848. The molecule has 0 aliphatic carbocycles. The molecule has 0 radical (unpaired) electrons. The third-order valence-corrected chi connectivity index (χ3v) is 3.33. The summed E-state index contributed by atoms with van der Waals surface area (Å²) in [6.07, 6.45) is 1.93. The van der Waals surface area contributed by atoms with Crippen molar-refractivity contribution in [3.8, 4) is 0 Å². The molecule has 2 amide bonds. The summed E-state index contributed by atoms with van der Waals surface area (Å²) in [4.78, 5) is 25.2. The van der Waals surface area contributed by atoms with Crippen molar-refractivity contribution in [2.45, 2.75) is 12.8 Å². The van der Waals surface area contributed by atoms with Gasteiger partial charge in [-0.1, -0.05) is 6.07 Å². The van der Waals surface area contributed by atoms with Gasteiger partial charge < -0.3 is 15.5 Å².